The lowest BCUT2D eigenvalue weighted by atomic mass is 10.1. The van der Waals surface area contributed by atoms with E-state index in [0.29, 0.717) is 18.8 Å². The van der Waals surface area contributed by atoms with Gasteiger partial charge in [0.15, 0.2) is 5.96 Å². The molecule has 2 atom stereocenters. The average Bonchev–Trinajstić information content (AvgIpc) is 3.49. The summed E-state index contributed by atoms with van der Waals surface area (Å²) in [5, 5.41) is 6.92. The summed E-state index contributed by atoms with van der Waals surface area (Å²) in [7, 11) is 3.54. The molecular weight excluding hydrogens is 380 g/mol. The molecule has 30 heavy (non-hydrogen) atoms. The van der Waals surface area contributed by atoms with Crippen LogP contribution in [0, 0.1) is 0 Å². The lowest BCUT2D eigenvalue weighted by Crippen LogP contribution is -2.43. The van der Waals surface area contributed by atoms with Gasteiger partial charge in [-0.1, -0.05) is 12.1 Å². The number of hydrogen-bond acceptors (Lipinski definition) is 5. The molecular formula is C23H38N4O3. The van der Waals surface area contributed by atoms with Gasteiger partial charge in [-0.25, -0.2) is 0 Å². The lowest BCUT2D eigenvalue weighted by molar-refractivity contribution is 0.0168. The second-order valence-corrected chi connectivity index (χ2v) is 7.98. The van der Waals surface area contributed by atoms with E-state index in [4.69, 9.17) is 14.2 Å². The van der Waals surface area contributed by atoms with Crippen LogP contribution >= 0.6 is 0 Å². The monoisotopic (exact) mass is 418 g/mol. The molecule has 2 fully saturated rings. The van der Waals surface area contributed by atoms with Crippen molar-refractivity contribution in [2.24, 2.45) is 4.99 Å². The van der Waals surface area contributed by atoms with Crippen LogP contribution in [-0.4, -0.2) is 77.1 Å². The van der Waals surface area contributed by atoms with Gasteiger partial charge in [-0.3, -0.25) is 9.89 Å². The van der Waals surface area contributed by atoms with Gasteiger partial charge in [-0.2, -0.15) is 0 Å². The second kappa shape index (κ2) is 12.8. The molecule has 2 N–H and O–H groups in total. The number of hydrogen-bond donors (Lipinski definition) is 2. The van der Waals surface area contributed by atoms with E-state index in [1.54, 1.807) is 7.11 Å². The van der Waals surface area contributed by atoms with Crippen LogP contribution in [0.4, 0.5) is 0 Å². The van der Waals surface area contributed by atoms with Gasteiger partial charge in [0.2, 0.25) is 0 Å². The predicted molar refractivity (Wildman–Crippen MR) is 120 cm³/mol. The van der Waals surface area contributed by atoms with Gasteiger partial charge < -0.3 is 24.8 Å². The van der Waals surface area contributed by atoms with E-state index in [-0.39, 0.29) is 0 Å². The third kappa shape index (κ3) is 7.15. The van der Waals surface area contributed by atoms with Crippen molar-refractivity contribution < 1.29 is 14.2 Å². The van der Waals surface area contributed by atoms with Crippen LogP contribution in [-0.2, 0) is 9.47 Å². The smallest absolute Gasteiger partial charge is 0.191 e. The normalized spacial score (nSPS) is 21.0. The van der Waals surface area contributed by atoms with Crippen molar-refractivity contribution in [1.82, 2.24) is 15.5 Å². The maximum atomic E-state index is 5.73. The standard InChI is InChI=1S/C23H38N4O3/c1-24-23(25-11-7-14-29-18-21-10-6-15-30-21)26-17-22(27-12-3-4-13-27)19-8-5-9-20(16-19)28-2/h5,8-9,16,21-22H,3-4,6-7,10-15,17-18H2,1-2H3,(H2,24,25,26). The van der Waals surface area contributed by atoms with E-state index in [9.17, 15) is 0 Å². The van der Waals surface area contributed by atoms with Crippen molar-refractivity contribution in [1.29, 1.82) is 0 Å². The van der Waals surface area contributed by atoms with Crippen LogP contribution in [0.25, 0.3) is 0 Å². The van der Waals surface area contributed by atoms with Crippen LogP contribution in [0.1, 0.15) is 43.7 Å². The molecule has 2 aliphatic rings. The number of methoxy groups -OCH3 is 1. The summed E-state index contributed by atoms with van der Waals surface area (Å²) in [5.41, 5.74) is 1.28. The Labute approximate surface area is 181 Å². The molecule has 0 aliphatic carbocycles. The first-order valence-corrected chi connectivity index (χ1v) is 11.3. The van der Waals surface area contributed by atoms with Crippen molar-refractivity contribution in [3.8, 4) is 5.75 Å². The summed E-state index contributed by atoms with van der Waals surface area (Å²) in [6, 6.07) is 8.71. The van der Waals surface area contributed by atoms with Crippen LogP contribution in [0.2, 0.25) is 0 Å². The Morgan fingerprint density at radius 2 is 2.13 bits per heavy atom. The molecule has 0 aromatic heterocycles. The maximum Gasteiger partial charge on any atom is 0.191 e. The van der Waals surface area contributed by atoms with Gasteiger partial charge in [-0.15, -0.1) is 0 Å². The van der Waals surface area contributed by atoms with Gasteiger partial charge in [0.05, 0.1) is 25.9 Å². The number of likely N-dealkylation sites (tertiary alicyclic amines) is 1. The molecule has 1 aromatic rings. The van der Waals surface area contributed by atoms with Crippen molar-refractivity contribution in [2.45, 2.75) is 44.2 Å². The topological polar surface area (TPSA) is 67.4 Å². The van der Waals surface area contributed by atoms with Crippen LogP contribution in [0.15, 0.2) is 29.3 Å². The lowest BCUT2D eigenvalue weighted by Gasteiger charge is -2.29. The minimum Gasteiger partial charge on any atom is -0.497 e. The summed E-state index contributed by atoms with van der Waals surface area (Å²) in [6.45, 7) is 6.25. The molecule has 2 aliphatic heterocycles. The average molecular weight is 419 g/mol. The fourth-order valence-corrected chi connectivity index (χ4v) is 4.15. The molecule has 168 valence electrons. The number of ether oxygens (including phenoxy) is 3. The zero-order valence-electron chi connectivity index (χ0n) is 18.6. The first kappa shape index (κ1) is 22.8. The number of nitrogens with one attached hydrogen (secondary N) is 2. The number of rotatable bonds is 11. The summed E-state index contributed by atoms with van der Waals surface area (Å²) in [5.74, 6) is 1.74. The summed E-state index contributed by atoms with van der Waals surface area (Å²) < 4.78 is 16.8. The summed E-state index contributed by atoms with van der Waals surface area (Å²) >= 11 is 0. The highest BCUT2D eigenvalue weighted by molar-refractivity contribution is 5.79. The molecule has 7 nitrogen and oxygen atoms in total. The Morgan fingerprint density at radius 3 is 2.87 bits per heavy atom. The van der Waals surface area contributed by atoms with E-state index < -0.39 is 0 Å². The molecule has 2 unspecified atom stereocenters. The number of aliphatic imine (C=N–C) groups is 1. The molecule has 0 saturated carbocycles. The molecule has 2 heterocycles. The Kier molecular flexibility index (Phi) is 9.73. The SMILES string of the molecule is CN=C(NCCCOCC1CCCO1)NCC(c1cccc(OC)c1)N1CCCC1. The maximum absolute atomic E-state index is 5.73. The van der Waals surface area contributed by atoms with Gasteiger partial charge in [-0.05, 0) is 62.9 Å². The van der Waals surface area contributed by atoms with E-state index >= 15 is 0 Å². The molecule has 7 heteroatoms. The molecule has 3 rings (SSSR count). The Bertz CT molecular complexity index is 643. The number of nitrogens with zero attached hydrogens (tertiary/aromatic N) is 2. The van der Waals surface area contributed by atoms with Gasteiger partial charge in [0.1, 0.15) is 5.75 Å². The highest BCUT2D eigenvalue weighted by Crippen LogP contribution is 2.27. The first-order chi connectivity index (χ1) is 14.8. The van der Waals surface area contributed by atoms with E-state index in [2.05, 4.69) is 38.7 Å². The van der Waals surface area contributed by atoms with Crippen molar-refractivity contribution >= 4 is 5.96 Å². The second-order valence-electron chi connectivity index (χ2n) is 7.98. The van der Waals surface area contributed by atoms with Crippen molar-refractivity contribution in [2.75, 3.05) is 60.2 Å². The van der Waals surface area contributed by atoms with Gasteiger partial charge in [0, 0.05) is 33.4 Å². The van der Waals surface area contributed by atoms with E-state index in [0.717, 1.165) is 70.4 Å². The highest BCUT2D eigenvalue weighted by Gasteiger charge is 2.24. The van der Waals surface area contributed by atoms with E-state index in [1.807, 2.05) is 13.1 Å². The predicted octanol–water partition coefficient (Wildman–Crippen LogP) is 2.58. The third-order valence-electron chi connectivity index (χ3n) is 5.83. The fraction of sp³-hybridized carbons (Fsp3) is 0.696. The molecule has 0 amide bonds. The highest BCUT2D eigenvalue weighted by atomic mass is 16.5. The molecule has 0 bridgehead atoms. The van der Waals surface area contributed by atoms with Crippen molar-refractivity contribution in [3.05, 3.63) is 29.8 Å². The Balaban J connectivity index is 1.42. The van der Waals surface area contributed by atoms with Crippen LogP contribution in [0.5, 0.6) is 5.75 Å². The molecule has 0 radical (unpaired) electrons. The summed E-state index contributed by atoms with van der Waals surface area (Å²) in [4.78, 5) is 6.93. The molecule has 1 aromatic carbocycles. The third-order valence-corrected chi connectivity index (χ3v) is 5.83. The summed E-state index contributed by atoms with van der Waals surface area (Å²) in [6.07, 6.45) is 6.05. The van der Waals surface area contributed by atoms with Gasteiger partial charge in [0.25, 0.3) is 0 Å². The first-order valence-electron chi connectivity index (χ1n) is 11.3. The minimum absolute atomic E-state index is 0.298. The zero-order valence-corrected chi connectivity index (χ0v) is 18.6. The van der Waals surface area contributed by atoms with Crippen molar-refractivity contribution in [3.63, 3.8) is 0 Å². The van der Waals surface area contributed by atoms with Crippen LogP contribution < -0.4 is 15.4 Å². The fourth-order valence-electron chi connectivity index (χ4n) is 4.15. The molecule has 0 spiro atoms. The Morgan fingerprint density at radius 1 is 1.27 bits per heavy atom. The number of guanidine groups is 1. The van der Waals surface area contributed by atoms with Gasteiger partial charge >= 0.3 is 0 Å². The quantitative estimate of drug-likeness (QED) is 0.327. The van der Waals surface area contributed by atoms with Crippen LogP contribution in [0.3, 0.4) is 0 Å². The zero-order chi connectivity index (χ0) is 21.0. The number of benzene rings is 1. The van der Waals surface area contributed by atoms with E-state index in [1.165, 1.54) is 18.4 Å². The Hall–Kier alpha value is -1.83. The minimum atomic E-state index is 0.298. The largest absolute Gasteiger partial charge is 0.497 e. The molecule has 2 saturated heterocycles.